The molecule has 0 aromatic carbocycles. The van der Waals surface area contributed by atoms with Gasteiger partial charge in [-0.05, 0) is 27.1 Å². The number of rotatable bonds is 5. The molecule has 0 atom stereocenters. The molecule has 0 saturated heterocycles. The Labute approximate surface area is 101 Å². The van der Waals surface area contributed by atoms with Gasteiger partial charge in [0, 0.05) is 13.6 Å². The van der Waals surface area contributed by atoms with Crippen molar-refractivity contribution in [3.8, 4) is 0 Å². The SMILES string of the molecule is CN(C)CCCN(C)c1ncnc(Cl)c1N. The Hall–Kier alpha value is -1.07. The Morgan fingerprint density at radius 3 is 2.56 bits per heavy atom. The average molecular weight is 244 g/mol. The van der Waals surface area contributed by atoms with E-state index in [1.54, 1.807) is 0 Å². The number of aromatic nitrogens is 2. The molecule has 0 aliphatic heterocycles. The monoisotopic (exact) mass is 243 g/mol. The number of halogens is 1. The zero-order chi connectivity index (χ0) is 12.1. The smallest absolute Gasteiger partial charge is 0.157 e. The van der Waals surface area contributed by atoms with Crippen molar-refractivity contribution in [2.45, 2.75) is 6.42 Å². The third-order valence-electron chi connectivity index (χ3n) is 2.27. The highest BCUT2D eigenvalue weighted by Crippen LogP contribution is 2.24. The van der Waals surface area contributed by atoms with E-state index in [1.165, 1.54) is 6.33 Å². The van der Waals surface area contributed by atoms with Crippen molar-refractivity contribution < 1.29 is 0 Å². The zero-order valence-electron chi connectivity index (χ0n) is 9.94. The Kier molecular flexibility index (Phi) is 4.76. The Morgan fingerprint density at radius 2 is 1.94 bits per heavy atom. The van der Waals surface area contributed by atoms with Crippen LogP contribution in [0.3, 0.4) is 0 Å². The van der Waals surface area contributed by atoms with E-state index in [2.05, 4.69) is 29.0 Å². The van der Waals surface area contributed by atoms with Crippen molar-refractivity contribution in [1.29, 1.82) is 0 Å². The lowest BCUT2D eigenvalue weighted by Crippen LogP contribution is -2.25. The van der Waals surface area contributed by atoms with Crippen LogP contribution in [0.1, 0.15) is 6.42 Å². The minimum absolute atomic E-state index is 0.310. The minimum atomic E-state index is 0.310. The van der Waals surface area contributed by atoms with E-state index in [9.17, 15) is 0 Å². The molecule has 90 valence electrons. The van der Waals surface area contributed by atoms with E-state index in [4.69, 9.17) is 17.3 Å². The van der Waals surface area contributed by atoms with Gasteiger partial charge >= 0.3 is 0 Å². The highest BCUT2D eigenvalue weighted by Gasteiger charge is 2.10. The van der Waals surface area contributed by atoms with Crippen LogP contribution < -0.4 is 10.6 Å². The number of nitrogens with two attached hydrogens (primary N) is 1. The zero-order valence-corrected chi connectivity index (χ0v) is 10.7. The first kappa shape index (κ1) is 13.0. The predicted octanol–water partition coefficient (Wildman–Crippen LogP) is 1.10. The molecule has 0 bridgehead atoms. The molecule has 0 unspecified atom stereocenters. The van der Waals surface area contributed by atoms with E-state index in [0.717, 1.165) is 19.5 Å². The normalized spacial score (nSPS) is 10.8. The van der Waals surface area contributed by atoms with E-state index in [1.807, 2.05) is 11.9 Å². The van der Waals surface area contributed by atoms with Crippen molar-refractivity contribution in [3.05, 3.63) is 11.5 Å². The van der Waals surface area contributed by atoms with Gasteiger partial charge in [0.25, 0.3) is 0 Å². The molecule has 0 spiro atoms. The third kappa shape index (κ3) is 3.50. The van der Waals surface area contributed by atoms with Gasteiger partial charge in [0.05, 0.1) is 0 Å². The quantitative estimate of drug-likeness (QED) is 0.785. The maximum absolute atomic E-state index is 5.83. The Balaban J connectivity index is 2.59. The van der Waals surface area contributed by atoms with E-state index in [0.29, 0.717) is 16.7 Å². The third-order valence-corrected chi connectivity index (χ3v) is 2.58. The van der Waals surface area contributed by atoms with Gasteiger partial charge in [-0.3, -0.25) is 0 Å². The molecule has 1 aromatic heterocycles. The topological polar surface area (TPSA) is 58.3 Å². The number of anilines is 2. The molecular formula is C10H18ClN5. The molecule has 0 fully saturated rings. The lowest BCUT2D eigenvalue weighted by molar-refractivity contribution is 0.401. The second-order valence-corrected chi connectivity index (χ2v) is 4.34. The van der Waals surface area contributed by atoms with Crippen molar-refractivity contribution in [2.75, 3.05) is 44.9 Å². The summed E-state index contributed by atoms with van der Waals surface area (Å²) < 4.78 is 0. The molecule has 0 radical (unpaired) electrons. The first-order valence-corrected chi connectivity index (χ1v) is 5.52. The lowest BCUT2D eigenvalue weighted by atomic mass is 10.3. The first-order valence-electron chi connectivity index (χ1n) is 5.14. The summed E-state index contributed by atoms with van der Waals surface area (Å²) in [6, 6.07) is 0. The van der Waals surface area contributed by atoms with Crippen LogP contribution in [-0.4, -0.2) is 49.1 Å². The number of hydrogen-bond donors (Lipinski definition) is 1. The van der Waals surface area contributed by atoms with Gasteiger partial charge in [-0.2, -0.15) is 0 Å². The molecule has 16 heavy (non-hydrogen) atoms. The van der Waals surface area contributed by atoms with Gasteiger partial charge in [0.15, 0.2) is 11.0 Å². The van der Waals surface area contributed by atoms with Crippen molar-refractivity contribution in [1.82, 2.24) is 14.9 Å². The molecule has 0 aliphatic rings. The van der Waals surface area contributed by atoms with Gasteiger partial charge in [0.2, 0.25) is 0 Å². The van der Waals surface area contributed by atoms with E-state index < -0.39 is 0 Å². The molecule has 1 rings (SSSR count). The second kappa shape index (κ2) is 5.86. The van der Waals surface area contributed by atoms with Gasteiger partial charge in [-0.1, -0.05) is 11.6 Å². The van der Waals surface area contributed by atoms with Crippen LogP contribution in [0.25, 0.3) is 0 Å². The number of nitrogens with zero attached hydrogens (tertiary/aromatic N) is 4. The maximum atomic E-state index is 5.83. The Bertz CT molecular complexity index is 342. The summed E-state index contributed by atoms with van der Waals surface area (Å²) in [7, 11) is 6.05. The van der Waals surface area contributed by atoms with Crippen LogP contribution in [0.4, 0.5) is 11.5 Å². The van der Waals surface area contributed by atoms with Crippen molar-refractivity contribution in [3.63, 3.8) is 0 Å². The van der Waals surface area contributed by atoms with Gasteiger partial charge in [-0.15, -0.1) is 0 Å². The number of hydrogen-bond acceptors (Lipinski definition) is 5. The van der Waals surface area contributed by atoms with Gasteiger partial charge in [0.1, 0.15) is 12.0 Å². The molecule has 0 saturated carbocycles. The highest BCUT2D eigenvalue weighted by atomic mass is 35.5. The molecule has 5 nitrogen and oxygen atoms in total. The summed E-state index contributed by atoms with van der Waals surface area (Å²) >= 11 is 5.83. The van der Waals surface area contributed by atoms with E-state index >= 15 is 0 Å². The molecule has 6 heteroatoms. The summed E-state index contributed by atoms with van der Waals surface area (Å²) in [4.78, 5) is 12.1. The lowest BCUT2D eigenvalue weighted by Gasteiger charge is -2.20. The average Bonchev–Trinajstić information content (AvgIpc) is 2.21. The number of nitrogen functional groups attached to an aromatic ring is 1. The van der Waals surface area contributed by atoms with E-state index in [-0.39, 0.29) is 0 Å². The first-order chi connectivity index (χ1) is 7.52. The predicted molar refractivity (Wildman–Crippen MR) is 67.9 cm³/mol. The maximum Gasteiger partial charge on any atom is 0.157 e. The summed E-state index contributed by atoms with van der Waals surface area (Å²) in [6.07, 6.45) is 2.47. The fourth-order valence-corrected chi connectivity index (χ4v) is 1.53. The molecule has 2 N–H and O–H groups in total. The largest absolute Gasteiger partial charge is 0.393 e. The second-order valence-electron chi connectivity index (χ2n) is 3.98. The molecule has 1 heterocycles. The van der Waals surface area contributed by atoms with Crippen molar-refractivity contribution in [2.24, 2.45) is 0 Å². The van der Waals surface area contributed by atoms with Crippen LogP contribution >= 0.6 is 11.6 Å². The molecule has 0 amide bonds. The van der Waals surface area contributed by atoms with Gasteiger partial charge < -0.3 is 15.5 Å². The fourth-order valence-electron chi connectivity index (χ4n) is 1.40. The molecule has 1 aromatic rings. The highest BCUT2D eigenvalue weighted by molar-refractivity contribution is 6.32. The van der Waals surface area contributed by atoms with Crippen LogP contribution in [0.5, 0.6) is 0 Å². The summed E-state index contributed by atoms with van der Waals surface area (Å²) in [5.74, 6) is 0.693. The molecule has 0 aliphatic carbocycles. The van der Waals surface area contributed by atoms with Crippen molar-refractivity contribution >= 4 is 23.1 Å². The van der Waals surface area contributed by atoms with Crippen LogP contribution in [0, 0.1) is 0 Å². The fraction of sp³-hybridized carbons (Fsp3) is 0.600. The minimum Gasteiger partial charge on any atom is -0.393 e. The summed E-state index contributed by atoms with van der Waals surface area (Å²) in [5.41, 5.74) is 6.25. The van der Waals surface area contributed by atoms with Crippen LogP contribution in [0.15, 0.2) is 6.33 Å². The van der Waals surface area contributed by atoms with Gasteiger partial charge in [-0.25, -0.2) is 9.97 Å². The summed E-state index contributed by atoms with van der Waals surface area (Å²) in [5, 5.41) is 0.310. The standard InChI is InChI=1S/C10H18ClN5/c1-15(2)5-4-6-16(3)10-8(12)9(11)13-7-14-10/h7H,4-6,12H2,1-3H3. The molecular weight excluding hydrogens is 226 g/mol. The van der Waals surface area contributed by atoms with Crippen LogP contribution in [-0.2, 0) is 0 Å². The Morgan fingerprint density at radius 1 is 1.25 bits per heavy atom. The van der Waals surface area contributed by atoms with Crippen LogP contribution in [0.2, 0.25) is 5.15 Å². The summed E-state index contributed by atoms with van der Waals surface area (Å²) in [6.45, 7) is 1.92.